The van der Waals surface area contributed by atoms with Crippen LogP contribution in [0.5, 0.6) is 0 Å². The minimum absolute atomic E-state index is 0.0643. The van der Waals surface area contributed by atoms with E-state index < -0.39 is 11.7 Å². The lowest BCUT2D eigenvalue weighted by molar-refractivity contribution is -0.137. The van der Waals surface area contributed by atoms with E-state index >= 15 is 0 Å². The fraction of sp³-hybridized carbons (Fsp3) is 0.0909. The predicted octanol–water partition coefficient (Wildman–Crippen LogP) is 2.74. The van der Waals surface area contributed by atoms with Gasteiger partial charge in [0.1, 0.15) is 0 Å². The van der Waals surface area contributed by atoms with E-state index in [0.29, 0.717) is 0 Å². The number of hydrogen-bond acceptors (Lipinski definition) is 3. The number of nitrogens with two attached hydrogens (primary N) is 1. The first-order valence-corrected chi connectivity index (χ1v) is 4.71. The SMILES string of the molecule is Nc1ccncc1-c1cnccc1C(F)(F)F. The summed E-state index contributed by atoms with van der Waals surface area (Å²) in [6, 6.07) is 2.37. The van der Waals surface area contributed by atoms with Crippen LogP contribution in [0.25, 0.3) is 11.1 Å². The molecule has 6 heteroatoms. The zero-order valence-corrected chi connectivity index (χ0v) is 8.57. The van der Waals surface area contributed by atoms with Gasteiger partial charge in [0.25, 0.3) is 0 Å². The van der Waals surface area contributed by atoms with Gasteiger partial charge in [0.15, 0.2) is 0 Å². The summed E-state index contributed by atoms with van der Waals surface area (Å²) in [5.74, 6) is 0. The Morgan fingerprint density at radius 2 is 1.53 bits per heavy atom. The number of nitrogen functional groups attached to an aromatic ring is 1. The molecule has 3 nitrogen and oxygen atoms in total. The van der Waals surface area contributed by atoms with Crippen LogP contribution >= 0.6 is 0 Å². The van der Waals surface area contributed by atoms with Crippen molar-refractivity contribution < 1.29 is 13.2 Å². The third-order valence-electron chi connectivity index (χ3n) is 2.27. The molecular weight excluding hydrogens is 231 g/mol. The van der Waals surface area contributed by atoms with Crippen molar-refractivity contribution in [1.82, 2.24) is 9.97 Å². The average Bonchev–Trinajstić information content (AvgIpc) is 2.28. The molecule has 0 amide bonds. The van der Waals surface area contributed by atoms with E-state index in [-0.39, 0.29) is 16.8 Å². The Balaban J connectivity index is 2.65. The zero-order chi connectivity index (χ0) is 12.5. The molecule has 0 spiro atoms. The van der Waals surface area contributed by atoms with Crippen LogP contribution in [-0.2, 0) is 6.18 Å². The van der Waals surface area contributed by atoms with E-state index in [1.807, 2.05) is 0 Å². The highest BCUT2D eigenvalue weighted by atomic mass is 19.4. The van der Waals surface area contributed by atoms with Crippen LogP contribution in [0.3, 0.4) is 0 Å². The number of anilines is 1. The van der Waals surface area contributed by atoms with Crippen molar-refractivity contribution in [2.75, 3.05) is 5.73 Å². The maximum atomic E-state index is 12.8. The highest BCUT2D eigenvalue weighted by molar-refractivity contribution is 5.77. The topological polar surface area (TPSA) is 51.8 Å². The van der Waals surface area contributed by atoms with Gasteiger partial charge in [-0.3, -0.25) is 9.97 Å². The van der Waals surface area contributed by atoms with Crippen LogP contribution in [0.15, 0.2) is 36.9 Å². The molecule has 2 N–H and O–H groups in total. The molecule has 17 heavy (non-hydrogen) atoms. The molecule has 0 aliphatic rings. The third-order valence-corrected chi connectivity index (χ3v) is 2.27. The lowest BCUT2D eigenvalue weighted by Crippen LogP contribution is -2.08. The summed E-state index contributed by atoms with van der Waals surface area (Å²) in [6.45, 7) is 0. The van der Waals surface area contributed by atoms with Crippen molar-refractivity contribution in [3.05, 3.63) is 42.5 Å². The molecule has 2 aromatic rings. The fourth-order valence-electron chi connectivity index (χ4n) is 1.49. The van der Waals surface area contributed by atoms with E-state index in [9.17, 15) is 13.2 Å². The Hall–Kier alpha value is -2.11. The van der Waals surface area contributed by atoms with Gasteiger partial charge in [0.2, 0.25) is 0 Å². The predicted molar refractivity (Wildman–Crippen MR) is 56.9 cm³/mol. The Kier molecular flexibility index (Phi) is 2.71. The second-order valence-corrected chi connectivity index (χ2v) is 3.38. The molecule has 88 valence electrons. The molecule has 2 rings (SSSR count). The number of pyridine rings is 2. The molecule has 0 aromatic carbocycles. The third kappa shape index (κ3) is 2.20. The summed E-state index contributed by atoms with van der Waals surface area (Å²) >= 11 is 0. The summed E-state index contributed by atoms with van der Waals surface area (Å²) in [5.41, 5.74) is 5.26. The van der Waals surface area contributed by atoms with Crippen molar-refractivity contribution in [2.24, 2.45) is 0 Å². The van der Waals surface area contributed by atoms with Gasteiger partial charge in [-0.15, -0.1) is 0 Å². The molecule has 0 atom stereocenters. The molecule has 2 heterocycles. The van der Waals surface area contributed by atoms with E-state index in [4.69, 9.17) is 5.73 Å². The van der Waals surface area contributed by atoms with E-state index in [2.05, 4.69) is 9.97 Å². The quantitative estimate of drug-likeness (QED) is 0.832. The molecule has 0 fully saturated rings. The number of aromatic nitrogens is 2. The number of halogens is 3. The van der Waals surface area contributed by atoms with Gasteiger partial charge in [-0.05, 0) is 12.1 Å². The van der Waals surface area contributed by atoms with Gasteiger partial charge < -0.3 is 5.73 Å². The van der Waals surface area contributed by atoms with Gasteiger partial charge in [0, 0.05) is 41.6 Å². The highest BCUT2D eigenvalue weighted by Crippen LogP contribution is 2.37. The Labute approximate surface area is 95.1 Å². The Morgan fingerprint density at radius 1 is 0.941 bits per heavy atom. The summed E-state index contributed by atoms with van der Waals surface area (Å²) < 4.78 is 38.3. The van der Waals surface area contributed by atoms with Crippen LogP contribution in [0.4, 0.5) is 18.9 Å². The lowest BCUT2D eigenvalue weighted by atomic mass is 10.0. The van der Waals surface area contributed by atoms with Crippen molar-refractivity contribution >= 4 is 5.69 Å². The standard InChI is InChI=1S/C11H8F3N3/c12-11(13,14)9-1-3-16-5-7(9)8-6-17-4-2-10(8)15/h1-6H,(H2,15,17). The smallest absolute Gasteiger partial charge is 0.398 e. The number of rotatable bonds is 1. The Bertz CT molecular complexity index is 537. The van der Waals surface area contributed by atoms with Gasteiger partial charge in [-0.25, -0.2) is 0 Å². The zero-order valence-electron chi connectivity index (χ0n) is 8.57. The maximum absolute atomic E-state index is 12.8. The molecule has 0 radical (unpaired) electrons. The van der Waals surface area contributed by atoms with Crippen LogP contribution in [-0.4, -0.2) is 9.97 Å². The van der Waals surface area contributed by atoms with Gasteiger partial charge in [0.05, 0.1) is 5.56 Å². The average molecular weight is 239 g/mol. The van der Waals surface area contributed by atoms with E-state index in [1.54, 1.807) is 0 Å². The first-order chi connectivity index (χ1) is 8.00. The monoisotopic (exact) mass is 239 g/mol. The van der Waals surface area contributed by atoms with Crippen molar-refractivity contribution in [1.29, 1.82) is 0 Å². The second-order valence-electron chi connectivity index (χ2n) is 3.38. The first kappa shape index (κ1) is 11.4. The maximum Gasteiger partial charge on any atom is 0.417 e. The van der Waals surface area contributed by atoms with Crippen molar-refractivity contribution in [3.8, 4) is 11.1 Å². The summed E-state index contributed by atoms with van der Waals surface area (Å²) in [7, 11) is 0. The number of alkyl halides is 3. The lowest BCUT2D eigenvalue weighted by Gasteiger charge is -2.13. The van der Waals surface area contributed by atoms with Crippen LogP contribution in [0.1, 0.15) is 5.56 Å². The van der Waals surface area contributed by atoms with Gasteiger partial charge >= 0.3 is 6.18 Å². The highest BCUT2D eigenvalue weighted by Gasteiger charge is 2.33. The van der Waals surface area contributed by atoms with Crippen LogP contribution < -0.4 is 5.73 Å². The molecule has 0 unspecified atom stereocenters. The van der Waals surface area contributed by atoms with Crippen molar-refractivity contribution in [2.45, 2.75) is 6.18 Å². The molecule has 2 aromatic heterocycles. The molecule has 0 bridgehead atoms. The Morgan fingerprint density at radius 3 is 2.12 bits per heavy atom. The minimum atomic E-state index is -4.44. The number of nitrogens with zero attached hydrogens (tertiary/aromatic N) is 2. The van der Waals surface area contributed by atoms with Crippen LogP contribution in [0, 0.1) is 0 Å². The van der Waals surface area contributed by atoms with Gasteiger partial charge in [-0.2, -0.15) is 13.2 Å². The minimum Gasteiger partial charge on any atom is -0.398 e. The molecule has 0 saturated heterocycles. The summed E-state index contributed by atoms with van der Waals surface area (Å²) in [4.78, 5) is 7.46. The van der Waals surface area contributed by atoms with Crippen molar-refractivity contribution in [3.63, 3.8) is 0 Å². The molecule has 0 saturated carbocycles. The fourth-order valence-corrected chi connectivity index (χ4v) is 1.49. The molecule has 0 aliphatic heterocycles. The largest absolute Gasteiger partial charge is 0.417 e. The van der Waals surface area contributed by atoms with E-state index in [1.165, 1.54) is 18.5 Å². The number of hydrogen-bond donors (Lipinski definition) is 1. The molecule has 0 aliphatic carbocycles. The van der Waals surface area contributed by atoms with E-state index in [0.717, 1.165) is 18.5 Å². The molecular formula is C11H8F3N3. The van der Waals surface area contributed by atoms with Crippen LogP contribution in [0.2, 0.25) is 0 Å². The normalized spacial score (nSPS) is 11.5. The second kappa shape index (κ2) is 4.04. The van der Waals surface area contributed by atoms with Gasteiger partial charge in [-0.1, -0.05) is 0 Å². The first-order valence-electron chi connectivity index (χ1n) is 4.71. The summed E-state index contributed by atoms with van der Waals surface area (Å²) in [5, 5.41) is 0. The summed E-state index contributed by atoms with van der Waals surface area (Å²) in [6.07, 6.45) is 0.500.